The molecule has 0 saturated carbocycles. The van der Waals surface area contributed by atoms with Gasteiger partial charge in [0.1, 0.15) is 5.69 Å². The zero-order chi connectivity index (χ0) is 11.4. The fourth-order valence-electron chi connectivity index (χ4n) is 1.25. The SMILES string of the molecule is CC(C)CCN(C)C(=O)c1cc(Br)c[nH]1. The molecule has 0 saturated heterocycles. The molecule has 0 radical (unpaired) electrons. The number of rotatable bonds is 4. The molecule has 0 atom stereocenters. The first-order valence-corrected chi connectivity index (χ1v) is 5.89. The van der Waals surface area contributed by atoms with E-state index in [1.165, 1.54) is 0 Å². The zero-order valence-corrected chi connectivity index (χ0v) is 11.0. The van der Waals surface area contributed by atoms with Gasteiger partial charge in [0.2, 0.25) is 0 Å². The quantitative estimate of drug-likeness (QED) is 0.899. The molecule has 0 unspecified atom stereocenters. The molecule has 1 rings (SSSR count). The fraction of sp³-hybridized carbons (Fsp3) is 0.545. The highest BCUT2D eigenvalue weighted by Gasteiger charge is 2.13. The molecule has 1 amide bonds. The van der Waals surface area contributed by atoms with Crippen LogP contribution in [0.2, 0.25) is 0 Å². The van der Waals surface area contributed by atoms with Crippen molar-refractivity contribution < 1.29 is 4.79 Å². The van der Waals surface area contributed by atoms with Gasteiger partial charge in [0, 0.05) is 24.3 Å². The van der Waals surface area contributed by atoms with Crippen molar-refractivity contribution in [2.45, 2.75) is 20.3 Å². The molecule has 0 bridgehead atoms. The van der Waals surface area contributed by atoms with Crippen LogP contribution in [0.1, 0.15) is 30.8 Å². The van der Waals surface area contributed by atoms with E-state index in [1.54, 1.807) is 17.2 Å². The van der Waals surface area contributed by atoms with Crippen molar-refractivity contribution in [2.24, 2.45) is 5.92 Å². The highest BCUT2D eigenvalue weighted by atomic mass is 79.9. The lowest BCUT2D eigenvalue weighted by atomic mass is 10.1. The molecule has 15 heavy (non-hydrogen) atoms. The van der Waals surface area contributed by atoms with E-state index in [-0.39, 0.29) is 5.91 Å². The van der Waals surface area contributed by atoms with Crippen molar-refractivity contribution in [2.75, 3.05) is 13.6 Å². The van der Waals surface area contributed by atoms with Gasteiger partial charge >= 0.3 is 0 Å². The number of hydrogen-bond acceptors (Lipinski definition) is 1. The highest BCUT2D eigenvalue weighted by molar-refractivity contribution is 9.10. The van der Waals surface area contributed by atoms with E-state index in [2.05, 4.69) is 34.8 Å². The number of aromatic nitrogens is 1. The lowest BCUT2D eigenvalue weighted by molar-refractivity contribution is 0.0784. The van der Waals surface area contributed by atoms with Gasteiger partial charge in [-0.1, -0.05) is 13.8 Å². The standard InChI is InChI=1S/C11H17BrN2O/c1-8(2)4-5-14(3)11(15)10-6-9(12)7-13-10/h6-8,13H,4-5H2,1-3H3. The Balaban J connectivity index is 2.53. The van der Waals surface area contributed by atoms with Gasteiger partial charge in [-0.05, 0) is 34.3 Å². The Kier molecular flexibility index (Phi) is 4.39. The third-order valence-corrected chi connectivity index (χ3v) is 2.72. The van der Waals surface area contributed by atoms with E-state index in [4.69, 9.17) is 0 Å². The number of nitrogens with one attached hydrogen (secondary N) is 1. The third kappa shape index (κ3) is 3.70. The molecule has 84 valence electrons. The second kappa shape index (κ2) is 5.35. The molecule has 0 spiro atoms. The Bertz CT molecular complexity index is 333. The molecule has 4 heteroatoms. The summed E-state index contributed by atoms with van der Waals surface area (Å²) in [6, 6.07) is 1.80. The van der Waals surface area contributed by atoms with E-state index in [9.17, 15) is 4.79 Å². The number of amides is 1. The first-order chi connectivity index (χ1) is 7.00. The smallest absolute Gasteiger partial charge is 0.270 e. The van der Waals surface area contributed by atoms with Gasteiger partial charge in [0.15, 0.2) is 0 Å². The summed E-state index contributed by atoms with van der Waals surface area (Å²) in [5.74, 6) is 0.664. The zero-order valence-electron chi connectivity index (χ0n) is 9.38. The minimum Gasteiger partial charge on any atom is -0.356 e. The summed E-state index contributed by atoms with van der Waals surface area (Å²) in [6.07, 6.45) is 2.80. The van der Waals surface area contributed by atoms with Crippen LogP contribution in [0.4, 0.5) is 0 Å². The van der Waals surface area contributed by atoms with Crippen LogP contribution >= 0.6 is 15.9 Å². The predicted octanol–water partition coefficient (Wildman–Crippen LogP) is 2.90. The molecule has 0 aromatic carbocycles. The van der Waals surface area contributed by atoms with E-state index in [0.717, 1.165) is 17.4 Å². The lowest BCUT2D eigenvalue weighted by Gasteiger charge is -2.17. The van der Waals surface area contributed by atoms with Crippen LogP contribution in [0.5, 0.6) is 0 Å². The maximum atomic E-state index is 11.8. The molecular formula is C11H17BrN2O. The Hall–Kier alpha value is -0.770. The predicted molar refractivity (Wildman–Crippen MR) is 64.9 cm³/mol. The van der Waals surface area contributed by atoms with Crippen LogP contribution in [0.15, 0.2) is 16.7 Å². The Morgan fingerprint density at radius 1 is 1.60 bits per heavy atom. The van der Waals surface area contributed by atoms with Crippen LogP contribution in [0, 0.1) is 5.92 Å². The van der Waals surface area contributed by atoms with Crippen LogP contribution in [0.3, 0.4) is 0 Å². The summed E-state index contributed by atoms with van der Waals surface area (Å²) < 4.78 is 0.906. The molecule has 0 aliphatic carbocycles. The second-order valence-corrected chi connectivity index (χ2v) is 5.06. The Morgan fingerprint density at radius 3 is 2.73 bits per heavy atom. The summed E-state index contributed by atoms with van der Waals surface area (Å²) in [4.78, 5) is 16.5. The number of nitrogens with zero attached hydrogens (tertiary/aromatic N) is 1. The van der Waals surface area contributed by atoms with Crippen LogP contribution < -0.4 is 0 Å². The van der Waals surface area contributed by atoms with Gasteiger partial charge in [-0.2, -0.15) is 0 Å². The van der Waals surface area contributed by atoms with Gasteiger partial charge in [0.25, 0.3) is 5.91 Å². The van der Waals surface area contributed by atoms with E-state index < -0.39 is 0 Å². The van der Waals surface area contributed by atoms with Gasteiger partial charge in [-0.25, -0.2) is 0 Å². The van der Waals surface area contributed by atoms with Crippen LogP contribution in [-0.4, -0.2) is 29.4 Å². The monoisotopic (exact) mass is 272 g/mol. The molecule has 0 aliphatic heterocycles. The van der Waals surface area contributed by atoms with Crippen molar-refractivity contribution in [3.05, 3.63) is 22.4 Å². The number of carbonyl (C=O) groups excluding carboxylic acids is 1. The lowest BCUT2D eigenvalue weighted by Crippen LogP contribution is -2.28. The first kappa shape index (κ1) is 12.3. The van der Waals surface area contributed by atoms with Gasteiger partial charge in [-0.15, -0.1) is 0 Å². The maximum absolute atomic E-state index is 11.8. The number of carbonyl (C=O) groups is 1. The average Bonchev–Trinajstić information content (AvgIpc) is 2.60. The minimum absolute atomic E-state index is 0.0429. The first-order valence-electron chi connectivity index (χ1n) is 5.10. The van der Waals surface area contributed by atoms with E-state index in [0.29, 0.717) is 11.6 Å². The summed E-state index contributed by atoms with van der Waals surface area (Å²) >= 11 is 3.31. The molecule has 1 heterocycles. The van der Waals surface area contributed by atoms with Crippen LogP contribution in [-0.2, 0) is 0 Å². The van der Waals surface area contributed by atoms with Gasteiger partial charge < -0.3 is 9.88 Å². The van der Waals surface area contributed by atoms with Crippen molar-refractivity contribution in [1.29, 1.82) is 0 Å². The minimum atomic E-state index is 0.0429. The van der Waals surface area contributed by atoms with Crippen molar-refractivity contribution in [1.82, 2.24) is 9.88 Å². The Labute approximate surface area is 99.0 Å². The summed E-state index contributed by atoms with van der Waals surface area (Å²) in [5, 5.41) is 0. The van der Waals surface area contributed by atoms with E-state index >= 15 is 0 Å². The van der Waals surface area contributed by atoms with Gasteiger partial charge in [-0.3, -0.25) is 4.79 Å². The summed E-state index contributed by atoms with van der Waals surface area (Å²) in [6.45, 7) is 5.11. The van der Waals surface area contributed by atoms with E-state index in [1.807, 2.05) is 7.05 Å². The van der Waals surface area contributed by atoms with Crippen molar-refractivity contribution in [3.63, 3.8) is 0 Å². The number of aromatic amines is 1. The summed E-state index contributed by atoms with van der Waals surface area (Å²) in [7, 11) is 1.83. The normalized spacial score (nSPS) is 10.7. The summed E-state index contributed by atoms with van der Waals surface area (Å²) in [5.41, 5.74) is 0.633. The topological polar surface area (TPSA) is 36.1 Å². The molecule has 1 aromatic heterocycles. The molecule has 1 N–H and O–H groups in total. The highest BCUT2D eigenvalue weighted by Crippen LogP contribution is 2.12. The van der Waals surface area contributed by atoms with Crippen LogP contribution in [0.25, 0.3) is 0 Å². The molecule has 3 nitrogen and oxygen atoms in total. The van der Waals surface area contributed by atoms with Crippen molar-refractivity contribution in [3.8, 4) is 0 Å². The fourth-order valence-corrected chi connectivity index (χ4v) is 1.59. The number of hydrogen-bond donors (Lipinski definition) is 1. The molecule has 0 fully saturated rings. The van der Waals surface area contributed by atoms with Crippen molar-refractivity contribution >= 4 is 21.8 Å². The molecular weight excluding hydrogens is 256 g/mol. The van der Waals surface area contributed by atoms with Gasteiger partial charge in [0.05, 0.1) is 0 Å². The number of H-pyrrole nitrogens is 1. The molecule has 0 aliphatic rings. The largest absolute Gasteiger partial charge is 0.356 e. The Morgan fingerprint density at radius 2 is 2.27 bits per heavy atom. The average molecular weight is 273 g/mol. The second-order valence-electron chi connectivity index (χ2n) is 4.14. The maximum Gasteiger partial charge on any atom is 0.270 e. The number of halogens is 1. The molecule has 1 aromatic rings. The third-order valence-electron chi connectivity index (χ3n) is 2.27.